The predicted octanol–water partition coefficient (Wildman–Crippen LogP) is -1.41. The molecule has 9 heteroatoms. The van der Waals surface area contributed by atoms with Gasteiger partial charge in [0, 0.05) is 12.5 Å². The summed E-state index contributed by atoms with van der Waals surface area (Å²) in [5.41, 5.74) is 4.16. The van der Waals surface area contributed by atoms with Crippen molar-refractivity contribution in [2.75, 3.05) is 24.3 Å². The van der Waals surface area contributed by atoms with Crippen molar-refractivity contribution in [3.05, 3.63) is 11.5 Å². The second-order valence-electron chi connectivity index (χ2n) is 4.95. The van der Waals surface area contributed by atoms with Crippen LogP contribution in [0.5, 0.6) is 0 Å². The molecule has 7 N–H and O–H groups in total. The Bertz CT molecular complexity index is 491. The molecule has 1 aromatic heterocycles. The molecule has 1 aromatic rings. The van der Waals surface area contributed by atoms with Crippen molar-refractivity contribution in [1.82, 2.24) is 9.97 Å². The van der Waals surface area contributed by atoms with Gasteiger partial charge in [-0.05, 0) is 6.42 Å². The normalized spacial score (nSPS) is 33.4. The van der Waals surface area contributed by atoms with Crippen molar-refractivity contribution in [3.63, 3.8) is 0 Å². The lowest BCUT2D eigenvalue weighted by Crippen LogP contribution is -2.47. The number of halogens is 1. The molecule has 0 bridgehead atoms. The second-order valence-corrected chi connectivity index (χ2v) is 5.31. The van der Waals surface area contributed by atoms with Crippen LogP contribution in [0.2, 0.25) is 5.15 Å². The first-order chi connectivity index (χ1) is 9.42. The van der Waals surface area contributed by atoms with Gasteiger partial charge in [0.2, 0.25) is 0 Å². The maximum atomic E-state index is 10.1. The van der Waals surface area contributed by atoms with Crippen LogP contribution in [0.15, 0.2) is 6.33 Å². The van der Waals surface area contributed by atoms with Crippen LogP contribution in [0.3, 0.4) is 0 Å². The molecule has 1 aliphatic rings. The van der Waals surface area contributed by atoms with Gasteiger partial charge in [0.25, 0.3) is 0 Å². The summed E-state index contributed by atoms with van der Waals surface area (Å²) in [7, 11) is 0. The SMILES string of the molecule is Nc1c(Cl)ncnc1N[C@H]1[C@@H](CO)C[C@](O)(CO)[C@@H]1O. The molecule has 1 aliphatic carbocycles. The second kappa shape index (κ2) is 5.66. The third-order valence-electron chi connectivity index (χ3n) is 3.66. The fraction of sp³-hybridized carbons (Fsp3) is 0.636. The van der Waals surface area contributed by atoms with Crippen LogP contribution in [0.25, 0.3) is 0 Å². The highest BCUT2D eigenvalue weighted by Crippen LogP contribution is 2.37. The number of hydrogen-bond acceptors (Lipinski definition) is 8. The number of anilines is 2. The maximum Gasteiger partial charge on any atom is 0.157 e. The Balaban J connectivity index is 2.25. The molecule has 0 unspecified atom stereocenters. The average Bonchev–Trinajstić information content (AvgIpc) is 2.69. The van der Waals surface area contributed by atoms with Crippen molar-refractivity contribution in [2.24, 2.45) is 5.92 Å². The Hall–Kier alpha value is -1.19. The Morgan fingerprint density at radius 3 is 2.75 bits per heavy atom. The van der Waals surface area contributed by atoms with Crippen LogP contribution < -0.4 is 11.1 Å². The molecular weight excluding hydrogens is 288 g/mol. The number of nitrogens with zero attached hydrogens (tertiary/aromatic N) is 2. The molecular formula is C11H17ClN4O4. The minimum Gasteiger partial charge on any atom is -0.396 e. The van der Waals surface area contributed by atoms with Crippen LogP contribution in [-0.2, 0) is 0 Å². The number of aliphatic hydroxyl groups is 4. The van der Waals surface area contributed by atoms with Gasteiger partial charge in [-0.25, -0.2) is 9.97 Å². The summed E-state index contributed by atoms with van der Waals surface area (Å²) in [5, 5.41) is 41.7. The Kier molecular flexibility index (Phi) is 4.31. The van der Waals surface area contributed by atoms with Gasteiger partial charge in [0.05, 0.1) is 12.6 Å². The average molecular weight is 305 g/mol. The highest BCUT2D eigenvalue weighted by molar-refractivity contribution is 6.32. The Morgan fingerprint density at radius 1 is 1.45 bits per heavy atom. The molecule has 0 aromatic carbocycles. The molecule has 1 fully saturated rings. The van der Waals surface area contributed by atoms with E-state index in [0.29, 0.717) is 0 Å². The Labute approximate surface area is 120 Å². The molecule has 0 saturated heterocycles. The zero-order valence-electron chi connectivity index (χ0n) is 10.6. The fourth-order valence-electron chi connectivity index (χ4n) is 2.47. The molecule has 1 heterocycles. The van der Waals surface area contributed by atoms with Crippen LogP contribution in [0.4, 0.5) is 11.5 Å². The third kappa shape index (κ3) is 2.52. The molecule has 4 atom stereocenters. The van der Waals surface area contributed by atoms with Crippen LogP contribution in [-0.4, -0.2) is 61.4 Å². The summed E-state index contributed by atoms with van der Waals surface area (Å²) in [6.07, 6.45) is -0.0238. The summed E-state index contributed by atoms with van der Waals surface area (Å²) < 4.78 is 0. The molecule has 8 nitrogen and oxygen atoms in total. The lowest BCUT2D eigenvalue weighted by molar-refractivity contribution is -0.0877. The van der Waals surface area contributed by atoms with Gasteiger partial charge in [0.1, 0.15) is 23.7 Å². The first-order valence-electron chi connectivity index (χ1n) is 6.07. The van der Waals surface area contributed by atoms with E-state index in [1.165, 1.54) is 6.33 Å². The molecule has 20 heavy (non-hydrogen) atoms. The predicted molar refractivity (Wildman–Crippen MR) is 72.1 cm³/mol. The summed E-state index contributed by atoms with van der Waals surface area (Å²) in [6.45, 7) is -0.876. The number of nitrogens with one attached hydrogen (secondary N) is 1. The van der Waals surface area contributed by atoms with Gasteiger partial charge in [0.15, 0.2) is 11.0 Å². The van der Waals surface area contributed by atoms with Crippen molar-refractivity contribution in [1.29, 1.82) is 0 Å². The van der Waals surface area contributed by atoms with E-state index in [4.69, 9.17) is 17.3 Å². The molecule has 112 valence electrons. The quantitative estimate of drug-likeness (QED) is 0.372. The van der Waals surface area contributed by atoms with Gasteiger partial charge >= 0.3 is 0 Å². The van der Waals surface area contributed by atoms with E-state index in [2.05, 4.69) is 15.3 Å². The zero-order chi connectivity index (χ0) is 14.9. The lowest BCUT2D eigenvalue weighted by atomic mass is 10.0. The van der Waals surface area contributed by atoms with Gasteiger partial charge in [-0.1, -0.05) is 11.6 Å². The van der Waals surface area contributed by atoms with Gasteiger partial charge in [-0.15, -0.1) is 0 Å². The summed E-state index contributed by atoms with van der Waals surface area (Å²) in [5.74, 6) is -0.259. The smallest absolute Gasteiger partial charge is 0.157 e. The van der Waals surface area contributed by atoms with Gasteiger partial charge < -0.3 is 31.5 Å². The largest absolute Gasteiger partial charge is 0.396 e. The van der Waals surface area contributed by atoms with E-state index in [1.807, 2.05) is 0 Å². The van der Waals surface area contributed by atoms with Gasteiger partial charge in [-0.3, -0.25) is 0 Å². The number of nitrogen functional groups attached to an aromatic ring is 1. The van der Waals surface area contributed by atoms with Gasteiger partial charge in [-0.2, -0.15) is 0 Å². The van der Waals surface area contributed by atoms with Crippen molar-refractivity contribution < 1.29 is 20.4 Å². The molecule has 0 aliphatic heterocycles. The number of aliphatic hydroxyl groups excluding tert-OH is 3. The highest BCUT2D eigenvalue weighted by atomic mass is 35.5. The summed E-state index contributed by atoms with van der Waals surface area (Å²) in [4.78, 5) is 7.62. The van der Waals surface area contributed by atoms with Crippen LogP contribution >= 0.6 is 11.6 Å². The van der Waals surface area contributed by atoms with E-state index in [1.54, 1.807) is 0 Å². The number of nitrogens with two attached hydrogens (primary N) is 1. The highest BCUT2D eigenvalue weighted by Gasteiger charge is 2.52. The lowest BCUT2D eigenvalue weighted by Gasteiger charge is -2.27. The molecule has 0 amide bonds. The first kappa shape index (κ1) is 15.2. The number of hydrogen-bond donors (Lipinski definition) is 6. The van der Waals surface area contributed by atoms with E-state index >= 15 is 0 Å². The van der Waals surface area contributed by atoms with E-state index in [9.17, 15) is 20.4 Å². The molecule has 2 rings (SSSR count). The van der Waals surface area contributed by atoms with E-state index < -0.39 is 30.3 Å². The summed E-state index contributed by atoms with van der Waals surface area (Å²) >= 11 is 5.77. The van der Waals surface area contributed by atoms with Crippen LogP contribution in [0.1, 0.15) is 6.42 Å². The first-order valence-corrected chi connectivity index (χ1v) is 6.45. The maximum absolute atomic E-state index is 10.1. The fourth-order valence-corrected chi connectivity index (χ4v) is 2.61. The van der Waals surface area contributed by atoms with Crippen molar-refractivity contribution >= 4 is 23.1 Å². The summed E-state index contributed by atoms with van der Waals surface area (Å²) in [6, 6.07) is -0.717. The minimum atomic E-state index is -1.67. The molecule has 0 radical (unpaired) electrons. The Morgan fingerprint density at radius 2 is 2.15 bits per heavy atom. The monoisotopic (exact) mass is 304 g/mol. The van der Waals surface area contributed by atoms with Crippen LogP contribution in [0, 0.1) is 5.92 Å². The number of rotatable bonds is 4. The topological polar surface area (TPSA) is 145 Å². The van der Waals surface area contributed by atoms with E-state index in [0.717, 1.165) is 0 Å². The van der Waals surface area contributed by atoms with E-state index in [-0.39, 0.29) is 29.7 Å². The molecule has 1 saturated carbocycles. The minimum absolute atomic E-state index is 0.0531. The number of aromatic nitrogens is 2. The third-order valence-corrected chi connectivity index (χ3v) is 3.96. The van der Waals surface area contributed by atoms with Crippen molar-refractivity contribution in [2.45, 2.75) is 24.2 Å². The zero-order valence-corrected chi connectivity index (χ0v) is 11.3. The standard InChI is InChI=1S/C11H17ClN4O4/c12-9-6(13)10(15-4-14-9)16-7-5(2-17)1-11(20,3-18)8(7)19/h4-5,7-8,17-20H,1-3,13H2,(H,14,15,16)/t5-,7+,8-,11+/m1/s1. The van der Waals surface area contributed by atoms with Crippen molar-refractivity contribution in [3.8, 4) is 0 Å². The molecule has 0 spiro atoms.